The predicted octanol–water partition coefficient (Wildman–Crippen LogP) is 2.15. The number of aliphatic carboxylic acids is 1. The molecule has 2 aromatic heterocycles. The van der Waals surface area contributed by atoms with Crippen molar-refractivity contribution >= 4 is 75.7 Å². The Morgan fingerprint density at radius 2 is 1.66 bits per heavy atom. The van der Waals surface area contributed by atoms with E-state index in [-0.39, 0.29) is 54.2 Å². The van der Waals surface area contributed by atoms with Gasteiger partial charge in [0.25, 0.3) is 17.7 Å². The van der Waals surface area contributed by atoms with Crippen molar-refractivity contribution in [3.05, 3.63) is 71.0 Å². The molecule has 0 aliphatic carbocycles. The number of anilines is 4. The summed E-state index contributed by atoms with van der Waals surface area (Å²) in [6.45, 7) is 1.27. The summed E-state index contributed by atoms with van der Waals surface area (Å²) < 4.78 is 0. The Morgan fingerprint density at radius 1 is 0.934 bits per heavy atom. The second-order valence-electron chi connectivity index (χ2n) is 14.9. The van der Waals surface area contributed by atoms with Crippen molar-refractivity contribution in [3.8, 4) is 0 Å². The van der Waals surface area contributed by atoms with E-state index in [0.717, 1.165) is 42.7 Å². The van der Waals surface area contributed by atoms with Gasteiger partial charge in [-0.2, -0.15) is 9.97 Å². The van der Waals surface area contributed by atoms with E-state index in [9.17, 15) is 38.7 Å². The molecule has 61 heavy (non-hydrogen) atoms. The Kier molecular flexibility index (Phi) is 14.0. The van der Waals surface area contributed by atoms with Gasteiger partial charge >= 0.3 is 5.97 Å². The maximum atomic E-state index is 13.3. The molecule has 2 aromatic carbocycles. The normalized spacial score (nSPS) is 15.3. The molecular formula is C41H48N12O8. The van der Waals surface area contributed by atoms with Crippen LogP contribution in [0.5, 0.6) is 0 Å². The Hall–Kier alpha value is -7.25. The van der Waals surface area contributed by atoms with Crippen LogP contribution in [0.3, 0.4) is 0 Å². The highest BCUT2D eigenvalue weighted by atomic mass is 16.4. The fraction of sp³-hybridized carbons (Fsp3) is 0.390. The number of amides is 6. The molecule has 2 aliphatic heterocycles. The smallest absolute Gasteiger partial charge is 0.303 e. The molecule has 9 N–H and O–H groups in total. The number of piperidine rings is 1. The number of carboxylic acid groups (broad SMARTS) is 1. The lowest BCUT2D eigenvalue weighted by atomic mass is 10.0. The number of aromatic nitrogens is 4. The highest BCUT2D eigenvalue weighted by molar-refractivity contribution is 6.25. The van der Waals surface area contributed by atoms with E-state index in [1.165, 1.54) is 0 Å². The van der Waals surface area contributed by atoms with E-state index >= 15 is 0 Å². The van der Waals surface area contributed by atoms with Crippen molar-refractivity contribution in [2.24, 2.45) is 0 Å². The summed E-state index contributed by atoms with van der Waals surface area (Å²) in [6, 6.07) is 9.59. The molecule has 6 rings (SSSR count). The first kappa shape index (κ1) is 43.3. The van der Waals surface area contributed by atoms with Gasteiger partial charge in [-0.25, -0.2) is 9.97 Å². The molecule has 1 fully saturated rings. The standard InChI is InChI=1S/C41H48N12O8/c1-52(22-24-21-46-35-33(47-24)34(42)50-41(43)51-35)25-13-11-23(12-14-25)36(57)48-28(15-18-31(55)56)37(58)45-20-7-5-3-2-4-6-19-44-27-10-8-9-26-32(27)40(61)53(39(26)60)29-16-17-30(54)49-38(29)59/h8-14,21,28-29,44H,2-7,15-20,22H2,1H3,(H,45,58)(H,48,57)(H,55,56)(H,49,54,59)(H4,42,43,46,50,51). The molecule has 4 heterocycles. The topological polar surface area (TPSA) is 298 Å². The molecule has 1 saturated heterocycles. The number of carbonyl (C=O) groups excluding carboxylic acids is 6. The number of unbranched alkanes of at least 4 members (excludes halogenated alkanes) is 5. The van der Waals surface area contributed by atoms with E-state index in [1.807, 2.05) is 11.9 Å². The van der Waals surface area contributed by atoms with Crippen molar-refractivity contribution in [1.82, 2.24) is 40.8 Å². The number of hydrogen-bond acceptors (Lipinski definition) is 15. The quantitative estimate of drug-likeness (QED) is 0.0496. The summed E-state index contributed by atoms with van der Waals surface area (Å²) >= 11 is 0. The third-order valence-electron chi connectivity index (χ3n) is 10.4. The van der Waals surface area contributed by atoms with Crippen LogP contribution < -0.4 is 37.6 Å². The van der Waals surface area contributed by atoms with Gasteiger partial charge in [0.05, 0.1) is 29.6 Å². The summed E-state index contributed by atoms with van der Waals surface area (Å²) in [4.78, 5) is 108. The Morgan fingerprint density at radius 3 is 2.38 bits per heavy atom. The molecule has 20 heteroatoms. The van der Waals surface area contributed by atoms with Crippen molar-refractivity contribution in [2.75, 3.05) is 41.8 Å². The highest BCUT2D eigenvalue weighted by Crippen LogP contribution is 2.32. The number of fused-ring (bicyclic) bond motifs is 2. The lowest BCUT2D eigenvalue weighted by Crippen LogP contribution is -2.54. The van der Waals surface area contributed by atoms with Crippen LogP contribution >= 0.6 is 0 Å². The third-order valence-corrected chi connectivity index (χ3v) is 10.4. The first-order valence-electron chi connectivity index (χ1n) is 20.1. The second kappa shape index (κ2) is 19.7. The van der Waals surface area contributed by atoms with Gasteiger partial charge in [0.1, 0.15) is 12.1 Å². The van der Waals surface area contributed by atoms with E-state index < -0.39 is 53.5 Å². The SMILES string of the molecule is CN(Cc1cnc2nc(N)nc(N)c2n1)c1ccc(C(=O)NC(CCC(=O)O)C(=O)NCCCCCCCCNc2cccc3c2C(=O)N(C2CCC(=O)NC2=O)C3=O)cc1. The molecule has 0 bridgehead atoms. The summed E-state index contributed by atoms with van der Waals surface area (Å²) in [5.41, 5.74) is 14.8. The fourth-order valence-electron chi connectivity index (χ4n) is 7.22. The number of nitrogens with two attached hydrogens (primary N) is 2. The van der Waals surface area contributed by atoms with Gasteiger partial charge in [0.2, 0.25) is 23.7 Å². The molecule has 0 spiro atoms. The number of nitrogens with zero attached hydrogens (tertiary/aromatic N) is 6. The first-order chi connectivity index (χ1) is 29.3. The number of hydrogen-bond donors (Lipinski definition) is 7. The number of imide groups is 2. The van der Waals surface area contributed by atoms with Gasteiger partial charge in [-0.1, -0.05) is 31.7 Å². The van der Waals surface area contributed by atoms with Gasteiger partial charge in [-0.05, 0) is 62.1 Å². The van der Waals surface area contributed by atoms with Crippen LogP contribution in [0, 0.1) is 0 Å². The van der Waals surface area contributed by atoms with Gasteiger partial charge < -0.3 is 37.4 Å². The number of carbonyl (C=O) groups is 7. The average molecular weight is 837 g/mol. The third kappa shape index (κ3) is 10.7. The second-order valence-corrected chi connectivity index (χ2v) is 14.9. The zero-order chi connectivity index (χ0) is 43.6. The zero-order valence-electron chi connectivity index (χ0n) is 33.6. The van der Waals surface area contributed by atoms with Crippen LogP contribution in [0.25, 0.3) is 11.2 Å². The first-order valence-corrected chi connectivity index (χ1v) is 20.1. The molecular weight excluding hydrogens is 789 g/mol. The minimum absolute atomic E-state index is 0.00523. The molecule has 2 aliphatic rings. The summed E-state index contributed by atoms with van der Waals surface area (Å²) in [5, 5.41) is 20.2. The lowest BCUT2D eigenvalue weighted by molar-refractivity contribution is -0.138. The minimum Gasteiger partial charge on any atom is -0.481 e. The largest absolute Gasteiger partial charge is 0.481 e. The molecule has 20 nitrogen and oxygen atoms in total. The monoisotopic (exact) mass is 836 g/mol. The Balaban J connectivity index is 0.894. The Labute approximate surface area is 350 Å². The van der Waals surface area contributed by atoms with E-state index in [4.69, 9.17) is 11.5 Å². The number of benzene rings is 2. The molecule has 0 saturated carbocycles. The van der Waals surface area contributed by atoms with E-state index in [2.05, 4.69) is 41.2 Å². The van der Waals surface area contributed by atoms with Crippen LogP contribution in [0.4, 0.5) is 23.1 Å². The molecule has 2 atom stereocenters. The van der Waals surface area contributed by atoms with Gasteiger partial charge in [0, 0.05) is 49.9 Å². The van der Waals surface area contributed by atoms with Crippen molar-refractivity contribution < 1.29 is 38.7 Å². The average Bonchev–Trinajstić information content (AvgIpc) is 3.48. The molecule has 4 aromatic rings. The van der Waals surface area contributed by atoms with Crippen molar-refractivity contribution in [2.45, 2.75) is 82.8 Å². The molecule has 2 unspecified atom stereocenters. The summed E-state index contributed by atoms with van der Waals surface area (Å²) in [5.74, 6) is -4.13. The molecule has 320 valence electrons. The molecule has 0 radical (unpaired) electrons. The van der Waals surface area contributed by atoms with Gasteiger partial charge in [0.15, 0.2) is 17.0 Å². The number of nitrogens with one attached hydrogen (secondary N) is 4. The summed E-state index contributed by atoms with van der Waals surface area (Å²) in [7, 11) is 1.84. The Bertz CT molecular complexity index is 2340. The maximum Gasteiger partial charge on any atom is 0.303 e. The van der Waals surface area contributed by atoms with Crippen molar-refractivity contribution in [3.63, 3.8) is 0 Å². The maximum absolute atomic E-state index is 13.3. The van der Waals surface area contributed by atoms with Gasteiger partial charge in [-0.3, -0.25) is 43.8 Å². The minimum atomic E-state index is -1.09. The zero-order valence-corrected chi connectivity index (χ0v) is 33.6. The van der Waals surface area contributed by atoms with Crippen LogP contribution in [0.1, 0.15) is 101 Å². The lowest BCUT2D eigenvalue weighted by Gasteiger charge is -2.27. The number of rotatable bonds is 20. The number of carboxylic acids is 1. The van der Waals surface area contributed by atoms with Crippen LogP contribution in [0.2, 0.25) is 0 Å². The van der Waals surface area contributed by atoms with E-state index in [0.29, 0.717) is 48.5 Å². The fourth-order valence-corrected chi connectivity index (χ4v) is 7.22. The van der Waals surface area contributed by atoms with Crippen molar-refractivity contribution in [1.29, 1.82) is 0 Å². The molecule has 6 amide bonds. The van der Waals surface area contributed by atoms with E-state index in [1.54, 1.807) is 48.7 Å². The highest BCUT2D eigenvalue weighted by Gasteiger charge is 2.45. The summed E-state index contributed by atoms with van der Waals surface area (Å²) in [6.07, 6.45) is 6.37. The predicted molar refractivity (Wildman–Crippen MR) is 223 cm³/mol. The van der Waals surface area contributed by atoms with Gasteiger partial charge in [-0.15, -0.1) is 0 Å². The number of nitrogen functional groups attached to an aromatic ring is 2. The van der Waals surface area contributed by atoms with Crippen LogP contribution in [-0.4, -0.2) is 104 Å². The van der Waals surface area contributed by atoms with Crippen LogP contribution in [-0.2, 0) is 25.7 Å². The van der Waals surface area contributed by atoms with Crippen LogP contribution in [0.15, 0.2) is 48.7 Å².